The van der Waals surface area contributed by atoms with Gasteiger partial charge in [0.15, 0.2) is 0 Å². The number of nitrogens with zero attached hydrogens (tertiary/aromatic N) is 1. The quantitative estimate of drug-likeness (QED) is 0.623. The second-order valence-electron chi connectivity index (χ2n) is 7.01. The predicted molar refractivity (Wildman–Crippen MR) is 103 cm³/mol. The number of fused-ring (bicyclic) bond motifs is 2. The second kappa shape index (κ2) is 8.22. The van der Waals surface area contributed by atoms with Gasteiger partial charge in [-0.05, 0) is 30.5 Å². The maximum atomic E-state index is 12.9. The summed E-state index contributed by atoms with van der Waals surface area (Å²) in [4.78, 5) is 50.2. The van der Waals surface area contributed by atoms with E-state index in [1.807, 2.05) is 0 Å². The molecule has 0 bridgehead atoms. The highest BCUT2D eigenvalue weighted by Gasteiger charge is 2.55. The Bertz CT molecular complexity index is 1020. The van der Waals surface area contributed by atoms with Crippen molar-refractivity contribution >= 4 is 40.9 Å². The van der Waals surface area contributed by atoms with Crippen LogP contribution in [0.5, 0.6) is 0 Å². The van der Waals surface area contributed by atoms with E-state index in [1.165, 1.54) is 11.1 Å². The van der Waals surface area contributed by atoms with Crippen LogP contribution in [0.4, 0.5) is 0 Å². The average Bonchev–Trinajstić information content (AvgIpc) is 3.09. The number of carboxylic acids is 1. The van der Waals surface area contributed by atoms with Gasteiger partial charge in [0, 0.05) is 36.3 Å². The molecule has 2 aliphatic heterocycles. The van der Waals surface area contributed by atoms with Gasteiger partial charge in [0.2, 0.25) is 5.43 Å². The van der Waals surface area contributed by atoms with E-state index in [2.05, 4.69) is 4.98 Å². The first-order valence-corrected chi connectivity index (χ1v) is 9.21. The average molecular weight is 423 g/mol. The van der Waals surface area contributed by atoms with E-state index in [-0.39, 0.29) is 31.1 Å². The maximum absolute atomic E-state index is 12.9. The van der Waals surface area contributed by atoms with Crippen LogP contribution in [0.15, 0.2) is 29.2 Å². The van der Waals surface area contributed by atoms with E-state index in [9.17, 15) is 19.5 Å². The summed E-state index contributed by atoms with van der Waals surface area (Å²) in [5, 5.41) is 17.4. The molecule has 0 aliphatic carbocycles. The van der Waals surface area contributed by atoms with Crippen molar-refractivity contribution < 1.29 is 29.3 Å². The van der Waals surface area contributed by atoms with Crippen molar-refractivity contribution in [2.75, 3.05) is 26.3 Å². The minimum Gasteiger partial charge on any atom is -0.483 e. The van der Waals surface area contributed by atoms with E-state index < -0.39 is 22.7 Å². The molecule has 9 nitrogen and oxygen atoms in total. The van der Waals surface area contributed by atoms with Crippen molar-refractivity contribution in [1.29, 1.82) is 0 Å². The van der Waals surface area contributed by atoms with Crippen LogP contribution in [-0.4, -0.2) is 64.7 Å². The Morgan fingerprint density at radius 2 is 2.10 bits per heavy atom. The zero-order valence-electron chi connectivity index (χ0n) is 15.3. The number of hydrogen-bond donors (Lipinski definition) is 3. The number of hydrogen-bond acceptors (Lipinski definition) is 5. The Balaban J connectivity index is 0.000000755. The third kappa shape index (κ3) is 3.70. The molecule has 3 heterocycles. The summed E-state index contributed by atoms with van der Waals surface area (Å²) in [6, 6.07) is 4.78. The minimum atomic E-state index is -1.09. The van der Waals surface area contributed by atoms with Gasteiger partial charge in [-0.2, -0.15) is 0 Å². The molecule has 1 aromatic carbocycles. The van der Waals surface area contributed by atoms with Crippen molar-refractivity contribution in [2.45, 2.75) is 6.42 Å². The summed E-state index contributed by atoms with van der Waals surface area (Å²) in [7, 11) is 0. The van der Waals surface area contributed by atoms with Gasteiger partial charge in [-0.25, -0.2) is 0 Å². The molecule has 4 rings (SSSR count). The molecule has 29 heavy (non-hydrogen) atoms. The molecule has 3 N–H and O–H groups in total. The number of halogens is 1. The van der Waals surface area contributed by atoms with Crippen molar-refractivity contribution in [3.63, 3.8) is 0 Å². The molecule has 0 radical (unpaired) electrons. The third-order valence-electron chi connectivity index (χ3n) is 5.45. The van der Waals surface area contributed by atoms with Crippen LogP contribution in [-0.2, 0) is 14.3 Å². The molecule has 2 aliphatic rings. The van der Waals surface area contributed by atoms with Crippen LogP contribution in [0, 0.1) is 11.3 Å². The number of benzene rings is 1. The van der Waals surface area contributed by atoms with Crippen molar-refractivity contribution in [2.24, 2.45) is 11.3 Å². The van der Waals surface area contributed by atoms with Crippen LogP contribution >= 0.6 is 11.6 Å². The Morgan fingerprint density at radius 1 is 1.38 bits per heavy atom. The molecular weight excluding hydrogens is 404 g/mol. The zero-order chi connectivity index (χ0) is 21.2. The van der Waals surface area contributed by atoms with Crippen LogP contribution < -0.4 is 5.43 Å². The molecule has 154 valence electrons. The summed E-state index contributed by atoms with van der Waals surface area (Å²) in [6.45, 7) is 0.679. The lowest BCUT2D eigenvalue weighted by Gasteiger charge is -2.33. The molecule has 0 saturated carbocycles. The van der Waals surface area contributed by atoms with Gasteiger partial charge < -0.3 is 24.8 Å². The number of rotatable bonds is 2. The number of nitrogens with one attached hydrogen (secondary N) is 1. The first-order chi connectivity index (χ1) is 13.8. The Labute approximate surface area is 169 Å². The molecule has 0 unspecified atom stereocenters. The van der Waals surface area contributed by atoms with E-state index in [0.717, 1.165) is 0 Å². The number of aromatic amines is 1. The van der Waals surface area contributed by atoms with Gasteiger partial charge in [-0.1, -0.05) is 11.6 Å². The van der Waals surface area contributed by atoms with E-state index in [1.54, 1.807) is 18.2 Å². The highest BCUT2D eigenvalue weighted by atomic mass is 35.5. The summed E-state index contributed by atoms with van der Waals surface area (Å²) < 4.78 is 5.38. The zero-order valence-corrected chi connectivity index (χ0v) is 16.0. The Hall–Kier alpha value is -2.91. The Kier molecular flexibility index (Phi) is 5.90. The number of ether oxygens (including phenoxy) is 1. The summed E-state index contributed by atoms with van der Waals surface area (Å²) in [5.74, 6) is -1.59. The maximum Gasteiger partial charge on any atom is 0.314 e. The van der Waals surface area contributed by atoms with E-state index >= 15 is 0 Å². The topological polar surface area (TPSA) is 137 Å². The number of aliphatic carboxylic acids is 1. The molecule has 2 aromatic rings. The molecular formula is C19H19ClN2O7. The number of carboxylic acid groups (broad SMARTS) is 2. The molecule has 10 heteroatoms. The molecule has 1 amide bonds. The van der Waals surface area contributed by atoms with Gasteiger partial charge in [0.25, 0.3) is 12.4 Å². The Morgan fingerprint density at radius 3 is 2.76 bits per heavy atom. The van der Waals surface area contributed by atoms with E-state index in [4.69, 9.17) is 26.2 Å². The number of carbonyl (C=O) groups excluding carboxylic acids is 1. The molecule has 1 aromatic heterocycles. The van der Waals surface area contributed by atoms with Gasteiger partial charge in [-0.15, -0.1) is 0 Å². The molecule has 2 fully saturated rings. The fraction of sp³-hybridized carbons (Fsp3) is 0.368. The first kappa shape index (κ1) is 20.8. The number of H-pyrrole nitrogens is 1. The van der Waals surface area contributed by atoms with Gasteiger partial charge >= 0.3 is 5.97 Å². The largest absolute Gasteiger partial charge is 0.483 e. The normalized spacial score (nSPS) is 23.1. The molecule has 0 spiro atoms. The van der Waals surface area contributed by atoms with Crippen molar-refractivity contribution in [1.82, 2.24) is 9.88 Å². The minimum absolute atomic E-state index is 0.0000680. The van der Waals surface area contributed by atoms with Crippen LogP contribution in [0.2, 0.25) is 5.02 Å². The van der Waals surface area contributed by atoms with Crippen LogP contribution in [0.3, 0.4) is 0 Å². The first-order valence-electron chi connectivity index (χ1n) is 8.83. The lowest BCUT2D eigenvalue weighted by atomic mass is 9.76. The number of amides is 1. The fourth-order valence-corrected chi connectivity index (χ4v) is 4.14. The highest BCUT2D eigenvalue weighted by molar-refractivity contribution is 6.31. The molecule has 2 atom stereocenters. The lowest BCUT2D eigenvalue weighted by molar-refractivity contribution is -0.159. The smallest absolute Gasteiger partial charge is 0.314 e. The third-order valence-corrected chi connectivity index (χ3v) is 5.69. The van der Waals surface area contributed by atoms with Crippen molar-refractivity contribution in [3.05, 3.63) is 45.2 Å². The standard InChI is InChI=1S/C18H17ClN2O5.CH2O2/c19-11-1-2-12-14(5-11)20-6-13(15(12)22)16(23)21-7-10-3-4-26-9-18(10,8-21)17(24)25;2-1-3/h1-2,5-6,10H,3-4,7-9H2,(H,20,22)(H,24,25);1H,(H,2,3)/t10-,18+;/m0./s1. The SMILES string of the molecule is O=C(c1c[nH]c2cc(Cl)ccc2c1=O)N1C[C@@H]2CCOC[C@]2(C(=O)O)C1.O=CO. The van der Waals surface area contributed by atoms with Crippen molar-refractivity contribution in [3.8, 4) is 0 Å². The predicted octanol–water partition coefficient (Wildman–Crippen LogP) is 1.45. The number of likely N-dealkylation sites (tertiary alicyclic amines) is 1. The second-order valence-corrected chi connectivity index (χ2v) is 7.45. The monoisotopic (exact) mass is 422 g/mol. The number of pyridine rings is 1. The van der Waals surface area contributed by atoms with E-state index in [0.29, 0.717) is 35.5 Å². The van der Waals surface area contributed by atoms with Gasteiger partial charge in [0.05, 0.1) is 12.1 Å². The summed E-state index contributed by atoms with van der Waals surface area (Å²) >= 11 is 5.93. The number of aromatic nitrogens is 1. The molecule has 2 saturated heterocycles. The van der Waals surface area contributed by atoms with Crippen LogP contribution in [0.25, 0.3) is 10.9 Å². The summed E-state index contributed by atoms with van der Waals surface area (Å²) in [6.07, 6.45) is 1.96. The summed E-state index contributed by atoms with van der Waals surface area (Å²) in [5.41, 5.74) is -0.939. The van der Waals surface area contributed by atoms with Gasteiger partial charge in [-0.3, -0.25) is 19.2 Å². The van der Waals surface area contributed by atoms with Crippen LogP contribution in [0.1, 0.15) is 16.8 Å². The van der Waals surface area contributed by atoms with Gasteiger partial charge in [0.1, 0.15) is 11.0 Å². The highest BCUT2D eigenvalue weighted by Crippen LogP contribution is 2.42. The lowest BCUT2D eigenvalue weighted by Crippen LogP contribution is -2.46. The number of carbonyl (C=O) groups is 3. The fourth-order valence-electron chi connectivity index (χ4n) is 3.97.